The Balaban J connectivity index is 1.57. The molecule has 2 heterocycles. The van der Waals surface area contributed by atoms with Crippen LogP contribution >= 0.6 is 11.8 Å². The number of β-lactam (4-membered cyclic amide) rings is 1. The van der Waals surface area contributed by atoms with Crippen LogP contribution in [0.3, 0.4) is 0 Å². The molecule has 1 aromatic rings. The first-order valence-electron chi connectivity index (χ1n) is 8.01. The first-order valence-corrected chi connectivity index (χ1v) is 9.06. The Morgan fingerprint density at radius 3 is 2.61 bits per heavy atom. The third kappa shape index (κ3) is 3.64. The molecular weight excluding hydrogens is 394 g/mol. The average molecular weight is 409 g/mol. The summed E-state index contributed by atoms with van der Waals surface area (Å²) in [6.07, 6.45) is -0.870. The van der Waals surface area contributed by atoms with Crippen LogP contribution < -0.4 is 5.32 Å². The number of rotatable bonds is 6. The van der Waals surface area contributed by atoms with Gasteiger partial charge in [0.05, 0.1) is 11.5 Å². The number of hydrogen-bond donors (Lipinski definition) is 3. The number of nitrogens with zero attached hydrogens (tertiary/aromatic N) is 2. The number of nitro groups is 1. The SMILES string of the molecule is O=C(NC1C(=O)N2C(C(=O)O)=C(CO)CS[C@H]12)OCc1ccc([N+](=O)[O-])cc1. The Kier molecular flexibility index (Phi) is 5.51. The summed E-state index contributed by atoms with van der Waals surface area (Å²) >= 11 is 1.23. The molecule has 28 heavy (non-hydrogen) atoms. The minimum absolute atomic E-state index is 0.0905. The highest BCUT2D eigenvalue weighted by atomic mass is 32.2. The van der Waals surface area contributed by atoms with Crippen molar-refractivity contribution in [2.75, 3.05) is 12.4 Å². The molecule has 12 heteroatoms. The lowest BCUT2D eigenvalue weighted by Gasteiger charge is -2.49. The van der Waals surface area contributed by atoms with E-state index in [0.29, 0.717) is 5.56 Å². The minimum atomic E-state index is -1.32. The molecule has 0 spiro atoms. The molecule has 148 valence electrons. The number of non-ortho nitro benzene ring substituents is 1. The fourth-order valence-electron chi connectivity index (χ4n) is 2.84. The van der Waals surface area contributed by atoms with Crippen molar-refractivity contribution in [1.82, 2.24) is 10.2 Å². The smallest absolute Gasteiger partial charge is 0.408 e. The Morgan fingerprint density at radius 2 is 2.04 bits per heavy atom. The summed E-state index contributed by atoms with van der Waals surface area (Å²) in [6, 6.07) is 4.50. The number of benzene rings is 1. The number of alkyl carbamates (subject to hydrolysis) is 1. The predicted molar refractivity (Wildman–Crippen MR) is 95.0 cm³/mol. The molecule has 1 unspecified atom stereocenters. The van der Waals surface area contributed by atoms with Crippen LogP contribution in [0.4, 0.5) is 10.5 Å². The van der Waals surface area contributed by atoms with Gasteiger partial charge in [0, 0.05) is 17.9 Å². The Labute approximate surface area is 162 Å². The molecule has 3 rings (SSSR count). The number of thioether (sulfide) groups is 1. The number of amides is 2. The standard InChI is InChI=1S/C16H15N3O8S/c20-5-9-7-28-14-11(13(21)18(14)12(9)15(22)23)17-16(24)27-6-8-1-3-10(4-2-8)19(25)26/h1-4,11,14,20H,5-7H2,(H,17,24)(H,22,23)/t11?,14-/m1/s1. The van der Waals surface area contributed by atoms with Gasteiger partial charge in [0.1, 0.15) is 23.7 Å². The van der Waals surface area contributed by atoms with Gasteiger partial charge in [-0.05, 0) is 23.3 Å². The van der Waals surface area contributed by atoms with Crippen LogP contribution in [-0.4, -0.2) is 61.8 Å². The number of carboxylic acids is 1. The maximum Gasteiger partial charge on any atom is 0.408 e. The van der Waals surface area contributed by atoms with E-state index in [2.05, 4.69) is 5.32 Å². The van der Waals surface area contributed by atoms with Crippen molar-refractivity contribution < 1.29 is 34.3 Å². The van der Waals surface area contributed by atoms with E-state index in [1.165, 1.54) is 36.0 Å². The molecule has 3 N–H and O–H groups in total. The maximum absolute atomic E-state index is 12.3. The van der Waals surface area contributed by atoms with E-state index in [1.54, 1.807) is 0 Å². The van der Waals surface area contributed by atoms with Crippen LogP contribution in [0, 0.1) is 10.1 Å². The summed E-state index contributed by atoms with van der Waals surface area (Å²) in [6.45, 7) is -0.623. The van der Waals surface area contributed by atoms with Gasteiger partial charge in [0.25, 0.3) is 11.6 Å². The second kappa shape index (κ2) is 7.86. The molecule has 1 aromatic carbocycles. The van der Waals surface area contributed by atoms with Gasteiger partial charge >= 0.3 is 12.1 Å². The van der Waals surface area contributed by atoms with Crippen molar-refractivity contribution >= 4 is 35.4 Å². The molecule has 11 nitrogen and oxygen atoms in total. The minimum Gasteiger partial charge on any atom is -0.477 e. The number of nitrogens with one attached hydrogen (secondary N) is 1. The summed E-state index contributed by atoms with van der Waals surface area (Å²) in [5.74, 6) is -1.70. The van der Waals surface area contributed by atoms with E-state index in [4.69, 9.17) is 4.74 Å². The van der Waals surface area contributed by atoms with Crippen LogP contribution in [0.25, 0.3) is 0 Å². The number of aliphatic hydroxyl groups excluding tert-OH is 1. The van der Waals surface area contributed by atoms with E-state index in [1.807, 2.05) is 0 Å². The fraction of sp³-hybridized carbons (Fsp3) is 0.312. The predicted octanol–water partition coefficient (Wildman–Crippen LogP) is 0.436. The molecule has 0 bridgehead atoms. The normalized spacial score (nSPS) is 20.9. The number of fused-ring (bicyclic) bond motifs is 1. The lowest BCUT2D eigenvalue weighted by atomic mass is 10.0. The van der Waals surface area contributed by atoms with Crippen molar-refractivity contribution in [3.8, 4) is 0 Å². The summed E-state index contributed by atoms with van der Waals surface area (Å²) < 4.78 is 5.01. The molecule has 0 aromatic heterocycles. The lowest BCUT2D eigenvalue weighted by Crippen LogP contribution is -2.70. The Bertz CT molecular complexity index is 869. The molecule has 1 fully saturated rings. The first kappa shape index (κ1) is 19.6. The zero-order valence-electron chi connectivity index (χ0n) is 14.2. The average Bonchev–Trinajstić information content (AvgIpc) is 2.69. The number of carboxylic acid groups (broad SMARTS) is 1. The second-order valence-electron chi connectivity index (χ2n) is 5.95. The quantitative estimate of drug-likeness (QED) is 0.344. The van der Waals surface area contributed by atoms with Gasteiger partial charge in [0.2, 0.25) is 0 Å². The van der Waals surface area contributed by atoms with Crippen LogP contribution in [0.2, 0.25) is 0 Å². The zero-order valence-corrected chi connectivity index (χ0v) is 15.0. The van der Waals surface area contributed by atoms with Crippen LogP contribution in [0.15, 0.2) is 35.5 Å². The summed E-state index contributed by atoms with van der Waals surface area (Å²) in [4.78, 5) is 46.7. The number of aliphatic carboxylic acids is 1. The molecule has 2 atom stereocenters. The maximum atomic E-state index is 12.3. The van der Waals surface area contributed by atoms with Gasteiger partial charge in [-0.25, -0.2) is 9.59 Å². The van der Waals surface area contributed by atoms with Gasteiger partial charge < -0.3 is 20.3 Å². The monoisotopic (exact) mass is 409 g/mol. The molecule has 0 aliphatic carbocycles. The number of nitro benzene ring substituents is 1. The van der Waals surface area contributed by atoms with Gasteiger partial charge in [0.15, 0.2) is 0 Å². The molecule has 2 amide bonds. The number of carbonyl (C=O) groups is 3. The molecular formula is C16H15N3O8S. The van der Waals surface area contributed by atoms with E-state index >= 15 is 0 Å². The van der Waals surface area contributed by atoms with E-state index in [-0.39, 0.29) is 29.3 Å². The van der Waals surface area contributed by atoms with Crippen molar-refractivity contribution in [3.63, 3.8) is 0 Å². The van der Waals surface area contributed by atoms with Gasteiger partial charge in [-0.2, -0.15) is 0 Å². The number of aliphatic hydroxyl groups is 1. The van der Waals surface area contributed by atoms with Gasteiger partial charge in [-0.1, -0.05) is 0 Å². The highest BCUT2D eigenvalue weighted by Crippen LogP contribution is 2.40. The highest BCUT2D eigenvalue weighted by Gasteiger charge is 2.54. The Hall–Kier alpha value is -3.12. The van der Waals surface area contributed by atoms with Gasteiger partial charge in [-0.15, -0.1) is 11.8 Å². The van der Waals surface area contributed by atoms with Crippen LogP contribution in [0.5, 0.6) is 0 Å². The van der Waals surface area contributed by atoms with E-state index < -0.39 is 40.9 Å². The Morgan fingerprint density at radius 1 is 1.36 bits per heavy atom. The summed E-state index contributed by atoms with van der Waals surface area (Å²) in [7, 11) is 0. The molecule has 2 aliphatic heterocycles. The summed E-state index contributed by atoms with van der Waals surface area (Å²) in [5.41, 5.74) is 0.417. The van der Waals surface area contributed by atoms with Crippen LogP contribution in [0.1, 0.15) is 5.56 Å². The first-order chi connectivity index (χ1) is 13.3. The zero-order chi connectivity index (χ0) is 20.4. The molecule has 0 saturated carbocycles. The van der Waals surface area contributed by atoms with Crippen molar-refractivity contribution in [2.45, 2.75) is 18.0 Å². The van der Waals surface area contributed by atoms with Gasteiger partial charge in [-0.3, -0.25) is 19.8 Å². The third-order valence-corrected chi connectivity index (χ3v) is 5.57. The lowest BCUT2D eigenvalue weighted by molar-refractivity contribution is -0.384. The van der Waals surface area contributed by atoms with E-state index in [9.17, 15) is 34.7 Å². The molecule has 2 aliphatic rings. The highest BCUT2D eigenvalue weighted by molar-refractivity contribution is 8.00. The van der Waals surface area contributed by atoms with E-state index in [0.717, 1.165) is 4.90 Å². The molecule has 0 radical (unpaired) electrons. The number of ether oxygens (including phenoxy) is 1. The number of carbonyl (C=O) groups excluding carboxylic acids is 2. The third-order valence-electron chi connectivity index (χ3n) is 4.23. The number of hydrogen-bond acceptors (Lipinski definition) is 8. The second-order valence-corrected chi connectivity index (χ2v) is 7.05. The van der Waals surface area contributed by atoms with Crippen molar-refractivity contribution in [1.29, 1.82) is 0 Å². The summed E-state index contributed by atoms with van der Waals surface area (Å²) in [5, 5.41) is 31.0. The van der Waals surface area contributed by atoms with Crippen molar-refractivity contribution in [3.05, 3.63) is 51.2 Å². The molecule has 1 saturated heterocycles. The van der Waals surface area contributed by atoms with Crippen LogP contribution in [-0.2, 0) is 20.9 Å². The largest absolute Gasteiger partial charge is 0.477 e. The fourth-order valence-corrected chi connectivity index (χ4v) is 4.17. The van der Waals surface area contributed by atoms with Crippen molar-refractivity contribution in [2.24, 2.45) is 0 Å². The topological polar surface area (TPSA) is 159 Å².